The molecule has 14 heavy (non-hydrogen) atoms. The standard InChI is InChI=1S/C11H23NO2/c1-6(2)8-10(13)11(14)9(7(3)4)12(8)5/h6-11,13-14H,1-5H3. The van der Waals surface area contributed by atoms with E-state index in [9.17, 15) is 10.2 Å². The minimum absolute atomic E-state index is 0.0809. The molecule has 1 aliphatic rings. The first-order valence-corrected chi connectivity index (χ1v) is 5.46. The maximum Gasteiger partial charge on any atom is 0.0971 e. The van der Waals surface area contributed by atoms with Gasteiger partial charge in [-0.15, -0.1) is 0 Å². The van der Waals surface area contributed by atoms with Gasteiger partial charge in [-0.25, -0.2) is 0 Å². The molecule has 1 saturated heterocycles. The van der Waals surface area contributed by atoms with Gasteiger partial charge < -0.3 is 10.2 Å². The molecule has 0 aromatic heterocycles. The summed E-state index contributed by atoms with van der Waals surface area (Å²) in [6.07, 6.45) is -1.21. The maximum atomic E-state index is 9.93. The van der Waals surface area contributed by atoms with Gasteiger partial charge in [-0.1, -0.05) is 27.7 Å². The summed E-state index contributed by atoms with van der Waals surface area (Å²) in [5, 5.41) is 19.9. The highest BCUT2D eigenvalue weighted by atomic mass is 16.3. The lowest BCUT2D eigenvalue weighted by Crippen LogP contribution is -2.41. The predicted octanol–water partition coefficient (Wildman–Crippen LogP) is 0.703. The van der Waals surface area contributed by atoms with Gasteiger partial charge in [-0.3, -0.25) is 4.90 Å². The van der Waals surface area contributed by atoms with Crippen LogP contribution in [0.5, 0.6) is 0 Å². The largest absolute Gasteiger partial charge is 0.389 e. The van der Waals surface area contributed by atoms with Crippen LogP contribution in [0.3, 0.4) is 0 Å². The second-order valence-electron chi connectivity index (χ2n) is 5.12. The molecule has 2 N–H and O–H groups in total. The molecule has 4 atom stereocenters. The lowest BCUT2D eigenvalue weighted by Gasteiger charge is -2.30. The lowest BCUT2D eigenvalue weighted by atomic mass is 9.96. The Balaban J connectivity index is 2.85. The molecule has 84 valence electrons. The second kappa shape index (κ2) is 4.17. The quantitative estimate of drug-likeness (QED) is 0.691. The number of nitrogens with zero attached hydrogens (tertiary/aromatic N) is 1. The van der Waals surface area contributed by atoms with E-state index in [0.29, 0.717) is 11.8 Å². The van der Waals surface area contributed by atoms with Crippen LogP contribution in [0.25, 0.3) is 0 Å². The SMILES string of the molecule is CC(C)C1C(O)C(O)C(C(C)C)N1C. The van der Waals surface area contributed by atoms with Crippen molar-refractivity contribution in [1.29, 1.82) is 0 Å². The molecule has 4 unspecified atom stereocenters. The normalized spacial score (nSPS) is 40.1. The zero-order chi connectivity index (χ0) is 11.0. The first-order valence-electron chi connectivity index (χ1n) is 5.46. The minimum Gasteiger partial charge on any atom is -0.389 e. The molecular formula is C11H23NO2. The Hall–Kier alpha value is -0.120. The van der Waals surface area contributed by atoms with Crippen LogP contribution in [0.2, 0.25) is 0 Å². The van der Waals surface area contributed by atoms with Gasteiger partial charge >= 0.3 is 0 Å². The monoisotopic (exact) mass is 201 g/mol. The number of rotatable bonds is 2. The van der Waals surface area contributed by atoms with Crippen LogP contribution >= 0.6 is 0 Å². The Morgan fingerprint density at radius 3 is 1.29 bits per heavy atom. The Morgan fingerprint density at radius 1 is 0.857 bits per heavy atom. The van der Waals surface area contributed by atoms with Crippen molar-refractivity contribution >= 4 is 0 Å². The van der Waals surface area contributed by atoms with Gasteiger partial charge in [-0.05, 0) is 18.9 Å². The maximum absolute atomic E-state index is 9.93. The summed E-state index contributed by atoms with van der Waals surface area (Å²) in [5.74, 6) is 0.738. The van der Waals surface area contributed by atoms with E-state index < -0.39 is 12.2 Å². The molecule has 0 aliphatic carbocycles. The first kappa shape index (κ1) is 12.0. The van der Waals surface area contributed by atoms with Crippen molar-refractivity contribution in [3.8, 4) is 0 Å². The molecule has 3 heteroatoms. The molecule has 1 aliphatic heterocycles. The third kappa shape index (κ3) is 1.81. The molecule has 0 aromatic rings. The van der Waals surface area contributed by atoms with Crippen LogP contribution < -0.4 is 0 Å². The molecule has 1 rings (SSSR count). The van der Waals surface area contributed by atoms with E-state index in [4.69, 9.17) is 0 Å². The van der Waals surface area contributed by atoms with Gasteiger partial charge in [0, 0.05) is 12.1 Å². The van der Waals surface area contributed by atoms with Gasteiger partial charge in [0.2, 0.25) is 0 Å². The molecule has 1 fully saturated rings. The van der Waals surface area contributed by atoms with Crippen LogP contribution in [-0.4, -0.2) is 46.5 Å². The molecule has 0 aromatic carbocycles. The highest BCUT2D eigenvalue weighted by Gasteiger charge is 2.47. The van der Waals surface area contributed by atoms with Crippen molar-refractivity contribution in [2.75, 3.05) is 7.05 Å². The first-order chi connectivity index (χ1) is 6.37. The summed E-state index contributed by atoms with van der Waals surface area (Å²) in [6.45, 7) is 8.33. The van der Waals surface area contributed by atoms with Crippen molar-refractivity contribution in [2.45, 2.75) is 52.0 Å². The van der Waals surface area contributed by atoms with Crippen molar-refractivity contribution in [2.24, 2.45) is 11.8 Å². The number of hydrogen-bond donors (Lipinski definition) is 2. The average Bonchev–Trinajstić information content (AvgIpc) is 2.23. The number of aliphatic hydroxyl groups excluding tert-OH is 2. The highest BCUT2D eigenvalue weighted by molar-refractivity contribution is 5.01. The van der Waals surface area contributed by atoms with E-state index in [2.05, 4.69) is 32.6 Å². The Morgan fingerprint density at radius 2 is 1.14 bits per heavy atom. The van der Waals surface area contributed by atoms with Crippen LogP contribution in [0.1, 0.15) is 27.7 Å². The second-order valence-corrected chi connectivity index (χ2v) is 5.12. The number of hydrogen-bond acceptors (Lipinski definition) is 3. The fraction of sp³-hybridized carbons (Fsp3) is 1.00. The molecule has 0 bridgehead atoms. The van der Waals surface area contributed by atoms with Crippen molar-refractivity contribution < 1.29 is 10.2 Å². The third-order valence-electron chi connectivity index (χ3n) is 3.36. The minimum atomic E-state index is -0.604. The zero-order valence-corrected chi connectivity index (χ0v) is 9.81. The number of likely N-dealkylation sites (tertiary alicyclic amines) is 1. The highest BCUT2D eigenvalue weighted by Crippen LogP contribution is 2.31. The number of aliphatic hydroxyl groups is 2. The molecule has 0 amide bonds. The predicted molar refractivity (Wildman–Crippen MR) is 57.0 cm³/mol. The Bertz CT molecular complexity index is 174. The van der Waals surface area contributed by atoms with E-state index in [-0.39, 0.29) is 12.1 Å². The van der Waals surface area contributed by atoms with Crippen LogP contribution in [-0.2, 0) is 0 Å². The van der Waals surface area contributed by atoms with E-state index in [1.54, 1.807) is 0 Å². The van der Waals surface area contributed by atoms with Crippen molar-refractivity contribution in [3.05, 3.63) is 0 Å². The van der Waals surface area contributed by atoms with Gasteiger partial charge in [0.05, 0.1) is 12.2 Å². The summed E-state index contributed by atoms with van der Waals surface area (Å²) in [6, 6.07) is 0.162. The number of likely N-dealkylation sites (N-methyl/N-ethyl adjacent to an activating group) is 1. The average molecular weight is 201 g/mol. The topological polar surface area (TPSA) is 43.7 Å². The van der Waals surface area contributed by atoms with Gasteiger partial charge in [0.15, 0.2) is 0 Å². The van der Waals surface area contributed by atoms with Crippen LogP contribution in [0.15, 0.2) is 0 Å². The summed E-state index contributed by atoms with van der Waals surface area (Å²) in [5.41, 5.74) is 0. The Kier molecular flexibility index (Phi) is 3.56. The van der Waals surface area contributed by atoms with Gasteiger partial charge in [-0.2, -0.15) is 0 Å². The van der Waals surface area contributed by atoms with E-state index in [1.807, 2.05) is 7.05 Å². The Labute approximate surface area is 86.7 Å². The fourth-order valence-electron chi connectivity index (χ4n) is 2.81. The third-order valence-corrected chi connectivity index (χ3v) is 3.36. The summed E-state index contributed by atoms with van der Waals surface area (Å²) in [7, 11) is 1.99. The van der Waals surface area contributed by atoms with Gasteiger partial charge in [0.1, 0.15) is 0 Å². The molecule has 3 nitrogen and oxygen atoms in total. The molecule has 0 spiro atoms. The lowest BCUT2D eigenvalue weighted by molar-refractivity contribution is 0.0166. The molecular weight excluding hydrogens is 178 g/mol. The smallest absolute Gasteiger partial charge is 0.0971 e. The van der Waals surface area contributed by atoms with Crippen molar-refractivity contribution in [3.63, 3.8) is 0 Å². The van der Waals surface area contributed by atoms with Crippen molar-refractivity contribution in [1.82, 2.24) is 4.90 Å². The summed E-state index contributed by atoms with van der Waals surface area (Å²) < 4.78 is 0. The molecule has 0 radical (unpaired) electrons. The zero-order valence-electron chi connectivity index (χ0n) is 9.81. The fourth-order valence-corrected chi connectivity index (χ4v) is 2.81. The van der Waals surface area contributed by atoms with E-state index >= 15 is 0 Å². The van der Waals surface area contributed by atoms with E-state index in [1.165, 1.54) is 0 Å². The molecule has 1 heterocycles. The van der Waals surface area contributed by atoms with Crippen LogP contribution in [0, 0.1) is 11.8 Å². The van der Waals surface area contributed by atoms with Crippen LogP contribution in [0.4, 0.5) is 0 Å². The summed E-state index contributed by atoms with van der Waals surface area (Å²) >= 11 is 0. The van der Waals surface area contributed by atoms with Gasteiger partial charge in [0.25, 0.3) is 0 Å². The molecule has 0 saturated carbocycles. The van der Waals surface area contributed by atoms with E-state index in [0.717, 1.165) is 0 Å². The summed E-state index contributed by atoms with van der Waals surface area (Å²) in [4.78, 5) is 2.13.